The fourth-order valence-electron chi connectivity index (χ4n) is 4.04. The number of benzene rings is 1. The molecule has 4 rings (SSSR count). The van der Waals surface area contributed by atoms with Gasteiger partial charge in [-0.05, 0) is 18.2 Å². The molecule has 0 N–H and O–H groups in total. The van der Waals surface area contributed by atoms with Crippen LogP contribution >= 0.6 is 0 Å². The third-order valence-corrected chi connectivity index (χ3v) is 5.22. The summed E-state index contributed by atoms with van der Waals surface area (Å²) in [6, 6.07) is 12.6. The van der Waals surface area contributed by atoms with Crippen LogP contribution in [0.5, 0.6) is 5.75 Å². The van der Waals surface area contributed by atoms with Crippen LogP contribution in [-0.2, 0) is 4.79 Å². The Morgan fingerprint density at radius 1 is 1.17 bits per heavy atom. The molecular weight excluding hydrogens is 288 g/mol. The number of fused-ring (bicyclic) bond motifs is 1. The lowest BCUT2D eigenvalue weighted by molar-refractivity contribution is -0.134. The molecule has 1 fully saturated rings. The molecule has 1 saturated heterocycles. The minimum absolute atomic E-state index is 0.188. The van der Waals surface area contributed by atoms with Crippen LogP contribution in [0.2, 0.25) is 0 Å². The largest absolute Gasteiger partial charge is 0.484 e. The molecule has 2 aliphatic rings. The third-order valence-electron chi connectivity index (χ3n) is 5.22. The molecule has 1 spiro atoms. The first kappa shape index (κ1) is 14.4. The van der Waals surface area contributed by atoms with Crippen molar-refractivity contribution in [1.82, 2.24) is 9.47 Å². The SMILES string of the molecule is CCC(=O)N1CCC2(CC1)Oc1ccccc1[C@@H]2n1cccc1. The lowest BCUT2D eigenvalue weighted by atomic mass is 9.82. The number of carbonyl (C=O) groups is 1. The predicted molar refractivity (Wildman–Crippen MR) is 88.5 cm³/mol. The first-order valence-electron chi connectivity index (χ1n) is 8.42. The highest BCUT2D eigenvalue weighted by molar-refractivity contribution is 5.76. The Kier molecular flexibility index (Phi) is 3.40. The van der Waals surface area contributed by atoms with Gasteiger partial charge in [0.2, 0.25) is 5.91 Å². The number of amides is 1. The lowest BCUT2D eigenvalue weighted by Gasteiger charge is -2.42. The van der Waals surface area contributed by atoms with E-state index in [2.05, 4.69) is 47.3 Å². The van der Waals surface area contributed by atoms with Gasteiger partial charge in [-0.2, -0.15) is 0 Å². The highest BCUT2D eigenvalue weighted by atomic mass is 16.5. The summed E-state index contributed by atoms with van der Waals surface area (Å²) >= 11 is 0. The van der Waals surface area contributed by atoms with Crippen molar-refractivity contribution in [3.8, 4) is 5.75 Å². The summed E-state index contributed by atoms with van der Waals surface area (Å²) in [4.78, 5) is 14.0. The van der Waals surface area contributed by atoms with E-state index in [4.69, 9.17) is 4.74 Å². The van der Waals surface area contributed by atoms with Gasteiger partial charge in [-0.25, -0.2) is 0 Å². The molecule has 0 aliphatic carbocycles. The molecule has 0 saturated carbocycles. The van der Waals surface area contributed by atoms with Gasteiger partial charge in [0.25, 0.3) is 0 Å². The van der Waals surface area contributed by atoms with Crippen LogP contribution in [0.25, 0.3) is 0 Å². The van der Waals surface area contributed by atoms with Crippen LogP contribution in [0.4, 0.5) is 0 Å². The molecule has 4 nitrogen and oxygen atoms in total. The second kappa shape index (κ2) is 5.44. The van der Waals surface area contributed by atoms with Crippen LogP contribution < -0.4 is 4.74 Å². The summed E-state index contributed by atoms with van der Waals surface area (Å²) in [6.07, 6.45) is 6.55. The van der Waals surface area contributed by atoms with Crippen LogP contribution in [0.15, 0.2) is 48.8 Å². The number of nitrogens with zero attached hydrogens (tertiary/aromatic N) is 2. The molecule has 0 bridgehead atoms. The van der Waals surface area contributed by atoms with Crippen LogP contribution in [0.1, 0.15) is 37.8 Å². The maximum absolute atomic E-state index is 12.0. The first-order valence-corrected chi connectivity index (χ1v) is 8.42. The second-order valence-corrected chi connectivity index (χ2v) is 6.47. The number of piperidine rings is 1. The molecule has 3 heterocycles. The molecule has 1 amide bonds. The standard InChI is InChI=1S/C19H22N2O2/c1-2-17(22)20-13-9-19(10-14-20)18(21-11-5-6-12-21)15-7-3-4-8-16(15)23-19/h3-8,11-12,18H,2,9-10,13-14H2,1H3/t18-/m0/s1. The summed E-state index contributed by atoms with van der Waals surface area (Å²) in [5.41, 5.74) is 1.01. The van der Waals surface area contributed by atoms with Gasteiger partial charge >= 0.3 is 0 Å². The van der Waals surface area contributed by atoms with E-state index in [1.807, 2.05) is 17.9 Å². The van der Waals surface area contributed by atoms with Crippen LogP contribution in [-0.4, -0.2) is 34.1 Å². The molecule has 23 heavy (non-hydrogen) atoms. The van der Waals surface area contributed by atoms with E-state index in [0.29, 0.717) is 6.42 Å². The summed E-state index contributed by atoms with van der Waals surface area (Å²) in [5.74, 6) is 1.23. The zero-order valence-electron chi connectivity index (χ0n) is 13.4. The fraction of sp³-hybridized carbons (Fsp3) is 0.421. The molecule has 0 unspecified atom stereocenters. The van der Waals surface area contributed by atoms with Crippen LogP contribution in [0, 0.1) is 0 Å². The zero-order valence-corrected chi connectivity index (χ0v) is 13.4. The van der Waals surface area contributed by atoms with Gasteiger partial charge in [-0.15, -0.1) is 0 Å². The second-order valence-electron chi connectivity index (χ2n) is 6.47. The zero-order chi connectivity index (χ0) is 15.9. The molecule has 1 aromatic heterocycles. The number of carbonyl (C=O) groups excluding carboxylic acids is 1. The number of rotatable bonds is 2. The number of para-hydroxylation sites is 1. The Balaban J connectivity index is 1.68. The van der Waals surface area contributed by atoms with E-state index in [9.17, 15) is 4.79 Å². The quantitative estimate of drug-likeness (QED) is 0.853. The number of aromatic nitrogens is 1. The molecule has 2 aromatic rings. The summed E-state index contributed by atoms with van der Waals surface area (Å²) in [6.45, 7) is 3.48. The van der Waals surface area contributed by atoms with Gasteiger partial charge in [-0.1, -0.05) is 25.1 Å². The van der Waals surface area contributed by atoms with Gasteiger partial charge in [0.05, 0.1) is 0 Å². The first-order chi connectivity index (χ1) is 11.2. The van der Waals surface area contributed by atoms with E-state index in [0.717, 1.165) is 31.7 Å². The van der Waals surface area contributed by atoms with Crippen molar-refractivity contribution in [3.63, 3.8) is 0 Å². The van der Waals surface area contributed by atoms with Crippen molar-refractivity contribution in [2.24, 2.45) is 0 Å². The van der Waals surface area contributed by atoms with Crippen molar-refractivity contribution in [1.29, 1.82) is 0 Å². The average Bonchev–Trinajstić information content (AvgIpc) is 3.20. The Morgan fingerprint density at radius 3 is 2.57 bits per heavy atom. The maximum atomic E-state index is 12.0. The molecule has 4 heteroatoms. The topological polar surface area (TPSA) is 34.5 Å². The third kappa shape index (κ3) is 2.24. The molecule has 2 aliphatic heterocycles. The van der Waals surface area contributed by atoms with Crippen molar-refractivity contribution >= 4 is 5.91 Å². The average molecular weight is 310 g/mol. The van der Waals surface area contributed by atoms with Crippen molar-refractivity contribution in [2.45, 2.75) is 37.8 Å². The molecule has 1 aromatic carbocycles. The number of ether oxygens (including phenoxy) is 1. The van der Waals surface area contributed by atoms with Crippen molar-refractivity contribution in [3.05, 3.63) is 54.4 Å². The fourth-order valence-corrected chi connectivity index (χ4v) is 4.04. The van der Waals surface area contributed by atoms with Crippen LogP contribution in [0.3, 0.4) is 0 Å². The van der Waals surface area contributed by atoms with Gasteiger partial charge in [-0.3, -0.25) is 4.79 Å². The van der Waals surface area contributed by atoms with Crippen molar-refractivity contribution < 1.29 is 9.53 Å². The Hall–Kier alpha value is -2.23. The van der Waals surface area contributed by atoms with Gasteiger partial charge < -0.3 is 14.2 Å². The number of hydrogen-bond acceptors (Lipinski definition) is 2. The van der Waals surface area contributed by atoms with Gasteiger partial charge in [0.15, 0.2) is 0 Å². The highest BCUT2D eigenvalue weighted by Gasteiger charge is 2.51. The summed E-state index contributed by atoms with van der Waals surface area (Å²) in [5, 5.41) is 0. The maximum Gasteiger partial charge on any atom is 0.222 e. The minimum Gasteiger partial charge on any atom is -0.484 e. The van der Waals surface area contributed by atoms with Gasteiger partial charge in [0.1, 0.15) is 17.4 Å². The van der Waals surface area contributed by atoms with E-state index in [1.54, 1.807) is 0 Å². The highest BCUT2D eigenvalue weighted by Crippen LogP contribution is 2.50. The van der Waals surface area contributed by atoms with E-state index in [1.165, 1.54) is 5.56 Å². The van der Waals surface area contributed by atoms with Gasteiger partial charge in [0, 0.05) is 50.3 Å². The van der Waals surface area contributed by atoms with E-state index < -0.39 is 0 Å². The molecule has 120 valence electrons. The smallest absolute Gasteiger partial charge is 0.222 e. The lowest BCUT2D eigenvalue weighted by Crippen LogP contribution is -2.52. The van der Waals surface area contributed by atoms with Crippen molar-refractivity contribution in [2.75, 3.05) is 13.1 Å². The van der Waals surface area contributed by atoms with E-state index in [-0.39, 0.29) is 17.6 Å². The predicted octanol–water partition coefficient (Wildman–Crippen LogP) is 3.24. The number of likely N-dealkylation sites (tertiary alicyclic amines) is 1. The van der Waals surface area contributed by atoms with E-state index >= 15 is 0 Å². The normalized spacial score (nSPS) is 22.0. The summed E-state index contributed by atoms with van der Waals surface area (Å²) in [7, 11) is 0. The number of hydrogen-bond donors (Lipinski definition) is 0. The monoisotopic (exact) mass is 310 g/mol. The molecule has 1 atom stereocenters. The Labute approximate surface area is 136 Å². The summed E-state index contributed by atoms with van der Waals surface area (Å²) < 4.78 is 8.73. The molecule has 0 radical (unpaired) electrons. The Morgan fingerprint density at radius 2 is 1.87 bits per heavy atom. The minimum atomic E-state index is -0.243. The molecular formula is C19H22N2O2. The Bertz CT molecular complexity index is 700.